The zero-order valence-electron chi connectivity index (χ0n) is 15.9. The molecule has 1 N–H and O–H groups in total. The van der Waals surface area contributed by atoms with Crippen LogP contribution >= 0.6 is 30.6 Å². The highest BCUT2D eigenvalue weighted by Crippen LogP contribution is 2.33. The lowest BCUT2D eigenvalue weighted by atomic mass is 10.2. The molecule has 0 fully saturated rings. The number of hydrogen-bond donors (Lipinski definition) is 1. The van der Waals surface area contributed by atoms with Crippen molar-refractivity contribution in [1.29, 1.82) is 0 Å². The first-order valence-corrected chi connectivity index (χ1v) is 11.5. The maximum atomic E-state index is 13.0. The molecule has 1 unspecified atom stereocenters. The summed E-state index contributed by atoms with van der Waals surface area (Å²) in [5.41, 5.74) is 1.34. The van der Waals surface area contributed by atoms with Crippen molar-refractivity contribution in [3.8, 4) is 5.69 Å². The maximum absolute atomic E-state index is 13.0. The predicted octanol–water partition coefficient (Wildman–Crippen LogP) is 4.02. The van der Waals surface area contributed by atoms with Gasteiger partial charge in [-0.2, -0.15) is 0 Å². The van der Waals surface area contributed by atoms with Gasteiger partial charge in [-0.1, -0.05) is 53.5 Å². The van der Waals surface area contributed by atoms with E-state index in [1.54, 1.807) is 60.8 Å². The number of hydrogen-bond acceptors (Lipinski definition) is 4. The average molecular weight is 471 g/mol. The van der Waals surface area contributed by atoms with Crippen LogP contribution < -0.4 is 21.1 Å². The van der Waals surface area contributed by atoms with E-state index in [9.17, 15) is 14.3 Å². The first kappa shape index (κ1) is 21.3. The van der Waals surface area contributed by atoms with Crippen molar-refractivity contribution >= 4 is 53.0 Å². The monoisotopic (exact) mass is 470 g/mol. The molecule has 0 radical (unpaired) electrons. The molecule has 4 aromatic rings. The second kappa shape index (κ2) is 8.69. The van der Waals surface area contributed by atoms with Crippen molar-refractivity contribution in [3.05, 3.63) is 101 Å². The van der Waals surface area contributed by atoms with E-state index in [4.69, 9.17) is 23.2 Å². The molecular formula is C22H15Cl2N3O3P-. The van der Waals surface area contributed by atoms with E-state index in [1.165, 1.54) is 29.0 Å². The van der Waals surface area contributed by atoms with Crippen LogP contribution in [0, 0.1) is 0 Å². The fourth-order valence-electron chi connectivity index (χ4n) is 3.03. The number of nitrogens with zero attached hydrogens (tertiary/aromatic N) is 2. The topological polar surface area (TPSA) is 87.0 Å². The van der Waals surface area contributed by atoms with E-state index in [0.29, 0.717) is 22.0 Å². The van der Waals surface area contributed by atoms with Crippen LogP contribution in [0.3, 0.4) is 0 Å². The van der Waals surface area contributed by atoms with Gasteiger partial charge in [0, 0.05) is 34.1 Å². The standard InChI is InChI=1S/C22H16Cl2N3O3P/c23-15-6-11-19(20(24)14-15)21(28)26-16-7-9-17(10-8-16)27-13-12-25-22(27)31(29,30)18-4-2-1-3-5-18/h1-14H,(H,26,28)(H,29,30)/p-1. The molecule has 0 saturated heterocycles. The molecule has 31 heavy (non-hydrogen) atoms. The van der Waals surface area contributed by atoms with Gasteiger partial charge >= 0.3 is 0 Å². The molecule has 1 amide bonds. The molecule has 0 aliphatic carbocycles. The second-order valence-corrected chi connectivity index (χ2v) is 9.47. The molecule has 156 valence electrons. The lowest BCUT2D eigenvalue weighted by Gasteiger charge is -2.24. The number of nitrogens with one attached hydrogen (secondary N) is 1. The number of anilines is 1. The van der Waals surface area contributed by atoms with Crippen molar-refractivity contribution in [2.24, 2.45) is 0 Å². The number of aromatic nitrogens is 2. The van der Waals surface area contributed by atoms with Gasteiger partial charge in [-0.15, -0.1) is 0 Å². The van der Waals surface area contributed by atoms with Crippen LogP contribution in [0.25, 0.3) is 5.69 Å². The summed E-state index contributed by atoms with van der Waals surface area (Å²) < 4.78 is 14.5. The maximum Gasteiger partial charge on any atom is 0.257 e. The Balaban J connectivity index is 1.58. The molecule has 1 heterocycles. The molecular weight excluding hydrogens is 456 g/mol. The Hall–Kier alpha value is -2.89. The highest BCUT2D eigenvalue weighted by atomic mass is 35.5. The molecule has 0 spiro atoms. The second-order valence-electron chi connectivity index (χ2n) is 6.61. The van der Waals surface area contributed by atoms with Gasteiger partial charge in [0.1, 0.15) is 7.37 Å². The van der Waals surface area contributed by atoms with Crippen LogP contribution in [-0.4, -0.2) is 15.5 Å². The van der Waals surface area contributed by atoms with Crippen LogP contribution in [0.1, 0.15) is 10.4 Å². The van der Waals surface area contributed by atoms with Gasteiger partial charge in [-0.25, -0.2) is 4.98 Å². The Morgan fingerprint density at radius 1 is 1.00 bits per heavy atom. The average Bonchev–Trinajstić information content (AvgIpc) is 3.26. The highest BCUT2D eigenvalue weighted by Gasteiger charge is 2.20. The number of carbonyl (C=O) groups excluding carboxylic acids is 1. The minimum atomic E-state index is -4.13. The number of imidazole rings is 1. The van der Waals surface area contributed by atoms with Crippen molar-refractivity contribution in [2.75, 3.05) is 5.32 Å². The normalized spacial score (nSPS) is 12.9. The first-order valence-electron chi connectivity index (χ1n) is 9.14. The zero-order chi connectivity index (χ0) is 22.0. The smallest absolute Gasteiger partial charge is 0.257 e. The molecule has 0 aliphatic heterocycles. The Kier molecular flexibility index (Phi) is 5.99. The van der Waals surface area contributed by atoms with Crippen molar-refractivity contribution in [3.63, 3.8) is 0 Å². The largest absolute Gasteiger partial charge is 0.790 e. The van der Waals surface area contributed by atoms with Crippen molar-refractivity contribution in [1.82, 2.24) is 9.55 Å². The summed E-state index contributed by atoms with van der Waals surface area (Å²) in [6.45, 7) is 0. The summed E-state index contributed by atoms with van der Waals surface area (Å²) in [5.74, 6) is -0.383. The summed E-state index contributed by atoms with van der Waals surface area (Å²) in [7, 11) is -4.13. The van der Waals surface area contributed by atoms with Crippen molar-refractivity contribution in [2.45, 2.75) is 0 Å². The molecule has 0 saturated carbocycles. The number of rotatable bonds is 5. The molecule has 9 heteroatoms. The lowest BCUT2D eigenvalue weighted by Crippen LogP contribution is -2.31. The predicted molar refractivity (Wildman–Crippen MR) is 121 cm³/mol. The number of amides is 1. The summed E-state index contributed by atoms with van der Waals surface area (Å²) in [6, 6.07) is 19.5. The molecule has 0 bridgehead atoms. The van der Waals surface area contributed by atoms with Crippen LogP contribution in [-0.2, 0) is 4.57 Å². The molecule has 1 aromatic heterocycles. The van der Waals surface area contributed by atoms with Gasteiger partial charge < -0.3 is 14.8 Å². The van der Waals surface area contributed by atoms with Gasteiger partial charge in [0.2, 0.25) is 0 Å². The quantitative estimate of drug-likeness (QED) is 0.446. The third-order valence-electron chi connectivity index (χ3n) is 4.56. The fraction of sp³-hybridized carbons (Fsp3) is 0. The van der Waals surface area contributed by atoms with Gasteiger partial charge in [-0.05, 0) is 42.5 Å². The summed E-state index contributed by atoms with van der Waals surface area (Å²) in [6.07, 6.45) is 3.00. The number of halogens is 2. The molecule has 6 nitrogen and oxygen atoms in total. The number of carbonyl (C=O) groups is 1. The van der Waals surface area contributed by atoms with E-state index in [0.717, 1.165) is 0 Å². The summed E-state index contributed by atoms with van der Waals surface area (Å²) in [5, 5.41) is 3.63. The van der Waals surface area contributed by atoms with Crippen LogP contribution in [0.5, 0.6) is 0 Å². The van der Waals surface area contributed by atoms with E-state index < -0.39 is 7.37 Å². The number of benzene rings is 3. The molecule has 4 rings (SSSR count). The third kappa shape index (κ3) is 4.43. The van der Waals surface area contributed by atoms with E-state index in [-0.39, 0.29) is 21.8 Å². The van der Waals surface area contributed by atoms with Gasteiger partial charge in [0.05, 0.1) is 10.6 Å². The van der Waals surface area contributed by atoms with E-state index in [2.05, 4.69) is 10.3 Å². The van der Waals surface area contributed by atoms with Gasteiger partial charge in [0.15, 0.2) is 5.57 Å². The highest BCUT2D eigenvalue weighted by molar-refractivity contribution is 7.71. The van der Waals surface area contributed by atoms with Crippen LogP contribution in [0.15, 0.2) is 85.2 Å². The first-order chi connectivity index (χ1) is 14.9. The van der Waals surface area contributed by atoms with Crippen molar-refractivity contribution < 1.29 is 14.3 Å². The van der Waals surface area contributed by atoms with Crippen LogP contribution in [0.2, 0.25) is 10.0 Å². The minimum Gasteiger partial charge on any atom is -0.790 e. The molecule has 3 aromatic carbocycles. The summed E-state index contributed by atoms with van der Waals surface area (Å²) >= 11 is 11.9. The fourth-order valence-corrected chi connectivity index (χ4v) is 5.01. The van der Waals surface area contributed by atoms with E-state index >= 15 is 0 Å². The Morgan fingerprint density at radius 3 is 2.39 bits per heavy atom. The molecule has 0 aliphatic rings. The molecule has 1 atom stereocenters. The van der Waals surface area contributed by atoms with Crippen LogP contribution in [0.4, 0.5) is 5.69 Å². The Labute approximate surface area is 188 Å². The zero-order valence-corrected chi connectivity index (χ0v) is 18.3. The SMILES string of the molecule is O=C(Nc1ccc(-n2ccnc2P(=O)([O-])c2ccccc2)cc1)c1ccc(Cl)cc1Cl. The summed E-state index contributed by atoms with van der Waals surface area (Å²) in [4.78, 5) is 29.5. The lowest BCUT2D eigenvalue weighted by molar-refractivity contribution is -0.167. The Morgan fingerprint density at radius 2 is 1.71 bits per heavy atom. The minimum absolute atomic E-state index is 0.0663. The third-order valence-corrected chi connectivity index (χ3v) is 6.94. The van der Waals surface area contributed by atoms with Gasteiger partial charge in [0.25, 0.3) is 5.91 Å². The Bertz CT molecular complexity index is 1290. The van der Waals surface area contributed by atoms with E-state index in [1.807, 2.05) is 0 Å². The van der Waals surface area contributed by atoms with Gasteiger partial charge in [-0.3, -0.25) is 9.36 Å².